The lowest BCUT2D eigenvalue weighted by atomic mass is 10.1. The van der Waals surface area contributed by atoms with Gasteiger partial charge in [-0.15, -0.1) is 10.2 Å². The monoisotopic (exact) mass is 430 g/mol. The van der Waals surface area contributed by atoms with Crippen LogP contribution in [0, 0.1) is 26.6 Å². The van der Waals surface area contributed by atoms with E-state index in [0.29, 0.717) is 22.9 Å². The van der Waals surface area contributed by atoms with Crippen LogP contribution in [-0.4, -0.2) is 25.9 Å². The van der Waals surface area contributed by atoms with Gasteiger partial charge in [0.1, 0.15) is 5.82 Å². The first-order valence-corrected chi connectivity index (χ1v) is 10.2. The molecule has 1 amide bonds. The van der Waals surface area contributed by atoms with Gasteiger partial charge < -0.3 is 10.6 Å². The zero-order chi connectivity index (χ0) is 22.7. The predicted octanol–water partition coefficient (Wildman–Crippen LogP) is 4.65. The largest absolute Gasteiger partial charge is 0.339 e. The van der Waals surface area contributed by atoms with E-state index in [-0.39, 0.29) is 18.1 Å². The molecule has 0 fully saturated rings. The van der Waals surface area contributed by atoms with Gasteiger partial charge in [-0.3, -0.25) is 4.79 Å². The molecule has 2 N–H and O–H groups in total. The van der Waals surface area contributed by atoms with Crippen LogP contribution >= 0.6 is 0 Å². The summed E-state index contributed by atoms with van der Waals surface area (Å²) in [6, 6.07) is 17.1. The SMILES string of the molecule is Cc1nn(-c2ccc(Nc3ccc(NC(=O)Cc4ccccc4F)cc3)nn2)c(C)c1C. The Balaban J connectivity index is 1.37. The zero-order valence-electron chi connectivity index (χ0n) is 18.1. The van der Waals surface area contributed by atoms with Crippen molar-refractivity contribution in [1.29, 1.82) is 0 Å². The van der Waals surface area contributed by atoms with E-state index in [9.17, 15) is 9.18 Å². The molecule has 0 saturated carbocycles. The van der Waals surface area contributed by atoms with Gasteiger partial charge in [-0.1, -0.05) is 18.2 Å². The third kappa shape index (κ3) is 4.64. The number of benzene rings is 2. The van der Waals surface area contributed by atoms with Crippen LogP contribution in [0.5, 0.6) is 0 Å². The molecule has 32 heavy (non-hydrogen) atoms. The quantitative estimate of drug-likeness (QED) is 0.465. The number of nitrogens with one attached hydrogen (secondary N) is 2. The molecular weight excluding hydrogens is 407 g/mol. The lowest BCUT2D eigenvalue weighted by molar-refractivity contribution is -0.115. The summed E-state index contributed by atoms with van der Waals surface area (Å²) in [6.45, 7) is 6.00. The van der Waals surface area contributed by atoms with Crippen molar-refractivity contribution in [2.45, 2.75) is 27.2 Å². The van der Waals surface area contributed by atoms with Gasteiger partial charge in [-0.05, 0) is 74.4 Å². The second-order valence-corrected chi connectivity index (χ2v) is 7.50. The van der Waals surface area contributed by atoms with Crippen LogP contribution in [0.4, 0.5) is 21.6 Å². The second kappa shape index (κ2) is 8.97. The highest BCUT2D eigenvalue weighted by atomic mass is 19.1. The topological polar surface area (TPSA) is 84.7 Å². The Morgan fingerprint density at radius 3 is 2.28 bits per heavy atom. The summed E-state index contributed by atoms with van der Waals surface area (Å²) in [7, 11) is 0. The van der Waals surface area contributed by atoms with Gasteiger partial charge in [-0.2, -0.15) is 5.10 Å². The van der Waals surface area contributed by atoms with Crippen LogP contribution in [0.1, 0.15) is 22.5 Å². The predicted molar refractivity (Wildman–Crippen MR) is 122 cm³/mol. The number of halogens is 1. The summed E-state index contributed by atoms with van der Waals surface area (Å²) in [6.07, 6.45) is -0.0244. The van der Waals surface area contributed by atoms with E-state index in [1.54, 1.807) is 35.0 Å². The van der Waals surface area contributed by atoms with E-state index in [0.717, 1.165) is 22.6 Å². The van der Waals surface area contributed by atoms with Crippen LogP contribution in [0.3, 0.4) is 0 Å². The minimum atomic E-state index is -0.387. The summed E-state index contributed by atoms with van der Waals surface area (Å²) in [4.78, 5) is 12.2. The summed E-state index contributed by atoms with van der Waals surface area (Å²) < 4.78 is 15.5. The smallest absolute Gasteiger partial charge is 0.228 e. The highest BCUT2D eigenvalue weighted by Crippen LogP contribution is 2.19. The van der Waals surface area contributed by atoms with Crippen molar-refractivity contribution in [3.63, 3.8) is 0 Å². The number of rotatable bonds is 6. The molecule has 4 aromatic rings. The zero-order valence-corrected chi connectivity index (χ0v) is 18.1. The minimum Gasteiger partial charge on any atom is -0.339 e. The Kier molecular flexibility index (Phi) is 5.93. The molecule has 4 rings (SSSR count). The van der Waals surface area contributed by atoms with Crippen LogP contribution in [0.25, 0.3) is 5.82 Å². The van der Waals surface area contributed by atoms with Crippen molar-refractivity contribution in [3.8, 4) is 5.82 Å². The minimum absolute atomic E-state index is 0.0244. The van der Waals surface area contributed by atoms with E-state index in [4.69, 9.17) is 0 Å². The molecule has 2 aromatic carbocycles. The average molecular weight is 430 g/mol. The number of aryl methyl sites for hydroxylation is 1. The summed E-state index contributed by atoms with van der Waals surface area (Å²) in [5, 5.41) is 18.9. The van der Waals surface area contributed by atoms with Crippen molar-refractivity contribution < 1.29 is 9.18 Å². The Labute approximate surface area is 185 Å². The maximum absolute atomic E-state index is 13.7. The maximum Gasteiger partial charge on any atom is 0.228 e. The highest BCUT2D eigenvalue weighted by Gasteiger charge is 2.11. The van der Waals surface area contributed by atoms with Gasteiger partial charge in [0.05, 0.1) is 12.1 Å². The number of amides is 1. The molecule has 7 nitrogen and oxygen atoms in total. The molecule has 0 saturated heterocycles. The fourth-order valence-electron chi connectivity index (χ4n) is 3.25. The number of nitrogens with zero attached hydrogens (tertiary/aromatic N) is 4. The fraction of sp³-hybridized carbons (Fsp3) is 0.167. The van der Waals surface area contributed by atoms with Crippen LogP contribution in [0.2, 0.25) is 0 Å². The molecule has 0 radical (unpaired) electrons. The molecule has 0 aliphatic heterocycles. The number of hydrogen-bond donors (Lipinski definition) is 2. The summed E-state index contributed by atoms with van der Waals surface area (Å²) >= 11 is 0. The Morgan fingerprint density at radius 2 is 1.66 bits per heavy atom. The van der Waals surface area contributed by atoms with Crippen LogP contribution < -0.4 is 10.6 Å². The third-order valence-electron chi connectivity index (χ3n) is 5.27. The molecule has 2 heterocycles. The first-order valence-electron chi connectivity index (χ1n) is 10.2. The van der Waals surface area contributed by atoms with Gasteiger partial charge in [0.15, 0.2) is 11.6 Å². The maximum atomic E-state index is 13.7. The van der Waals surface area contributed by atoms with E-state index in [1.807, 2.05) is 45.0 Å². The lowest BCUT2D eigenvalue weighted by Crippen LogP contribution is -2.15. The molecule has 8 heteroatoms. The molecule has 0 aliphatic rings. The average Bonchev–Trinajstić information content (AvgIpc) is 3.04. The van der Waals surface area contributed by atoms with Crippen LogP contribution in [0.15, 0.2) is 60.7 Å². The van der Waals surface area contributed by atoms with Crippen LogP contribution in [-0.2, 0) is 11.2 Å². The number of carbonyl (C=O) groups is 1. The molecule has 0 spiro atoms. The molecule has 0 unspecified atom stereocenters. The van der Waals surface area contributed by atoms with E-state index >= 15 is 0 Å². The number of carbonyl (C=O) groups excluding carboxylic acids is 1. The number of hydrogen-bond acceptors (Lipinski definition) is 5. The number of anilines is 3. The number of aromatic nitrogens is 4. The van der Waals surface area contributed by atoms with Crippen molar-refractivity contribution in [2.75, 3.05) is 10.6 Å². The normalized spacial score (nSPS) is 10.8. The Hall–Kier alpha value is -4.07. The first kappa shape index (κ1) is 21.2. The van der Waals surface area contributed by atoms with Gasteiger partial charge in [0, 0.05) is 17.1 Å². The third-order valence-corrected chi connectivity index (χ3v) is 5.27. The van der Waals surface area contributed by atoms with E-state index in [2.05, 4.69) is 25.9 Å². The first-order chi connectivity index (χ1) is 15.4. The highest BCUT2D eigenvalue weighted by molar-refractivity contribution is 5.92. The Bertz CT molecular complexity index is 1250. The Morgan fingerprint density at radius 1 is 0.938 bits per heavy atom. The molecular formula is C24H23FN6O. The van der Waals surface area contributed by atoms with Gasteiger partial charge in [0.25, 0.3) is 0 Å². The van der Waals surface area contributed by atoms with Crippen molar-refractivity contribution in [2.24, 2.45) is 0 Å². The van der Waals surface area contributed by atoms with Gasteiger partial charge in [-0.25, -0.2) is 9.07 Å². The molecule has 2 aromatic heterocycles. The van der Waals surface area contributed by atoms with E-state index in [1.165, 1.54) is 6.07 Å². The van der Waals surface area contributed by atoms with Crippen molar-refractivity contribution in [3.05, 3.63) is 89.0 Å². The van der Waals surface area contributed by atoms with Gasteiger partial charge >= 0.3 is 0 Å². The van der Waals surface area contributed by atoms with Crippen molar-refractivity contribution in [1.82, 2.24) is 20.0 Å². The van der Waals surface area contributed by atoms with Crippen molar-refractivity contribution >= 4 is 23.1 Å². The molecule has 162 valence electrons. The molecule has 0 bridgehead atoms. The molecule has 0 aliphatic carbocycles. The van der Waals surface area contributed by atoms with Gasteiger partial charge in [0.2, 0.25) is 5.91 Å². The lowest BCUT2D eigenvalue weighted by Gasteiger charge is -2.09. The second-order valence-electron chi connectivity index (χ2n) is 7.50. The standard InChI is InChI=1S/C24H23FN6O/c1-15-16(2)30-31(17(15)3)23-13-12-22(28-29-23)26-19-8-10-20(11-9-19)27-24(32)14-18-6-4-5-7-21(18)25/h4-13H,14H2,1-3H3,(H,26,28)(H,27,32). The summed E-state index contributed by atoms with van der Waals surface area (Å²) in [5.41, 5.74) is 4.91. The fourth-order valence-corrected chi connectivity index (χ4v) is 3.25. The summed E-state index contributed by atoms with van der Waals surface area (Å²) in [5.74, 6) is 0.569. The molecule has 0 atom stereocenters. The van der Waals surface area contributed by atoms with E-state index < -0.39 is 0 Å².